The van der Waals surface area contributed by atoms with Crippen molar-refractivity contribution in [1.29, 1.82) is 0 Å². The van der Waals surface area contributed by atoms with Crippen LogP contribution in [0.1, 0.15) is 27.2 Å². The van der Waals surface area contributed by atoms with Crippen LogP contribution >= 0.6 is 0 Å². The molecule has 0 aromatic heterocycles. The number of carbonyl (C=O) groups excluding carboxylic acids is 2. The molecule has 1 fully saturated rings. The fraction of sp³-hybridized carbons (Fsp3) is 0.579. The van der Waals surface area contributed by atoms with E-state index in [1.165, 1.54) is 0 Å². The SMILES string of the molecule is COCCNC(=O)[C@@H]1C[C@H](Oc2ccccc2)CN1C(=O)NC(C)(C)C. The first kappa shape index (κ1) is 20.0. The molecule has 0 unspecified atom stereocenters. The van der Waals surface area contributed by atoms with Crippen molar-refractivity contribution in [2.75, 3.05) is 26.8 Å². The molecule has 0 spiro atoms. The molecule has 1 heterocycles. The number of urea groups is 1. The second-order valence-electron chi connectivity index (χ2n) is 7.42. The lowest BCUT2D eigenvalue weighted by atomic mass is 10.1. The van der Waals surface area contributed by atoms with Gasteiger partial charge in [0.05, 0.1) is 13.2 Å². The Kier molecular flexibility index (Phi) is 6.85. The summed E-state index contributed by atoms with van der Waals surface area (Å²) in [6, 6.07) is 8.60. The van der Waals surface area contributed by atoms with Gasteiger partial charge in [0.2, 0.25) is 5.91 Å². The van der Waals surface area contributed by atoms with Crippen LogP contribution in [0.15, 0.2) is 30.3 Å². The van der Waals surface area contributed by atoms with Crippen molar-refractivity contribution in [3.8, 4) is 5.75 Å². The topological polar surface area (TPSA) is 79.9 Å². The molecule has 2 rings (SSSR count). The van der Waals surface area contributed by atoms with Crippen molar-refractivity contribution in [3.05, 3.63) is 30.3 Å². The van der Waals surface area contributed by atoms with Crippen LogP contribution in [0.5, 0.6) is 5.75 Å². The number of carbonyl (C=O) groups is 2. The zero-order valence-electron chi connectivity index (χ0n) is 16.0. The number of hydrogen-bond acceptors (Lipinski definition) is 4. The normalized spacial score (nSPS) is 19.9. The third kappa shape index (κ3) is 5.91. The summed E-state index contributed by atoms with van der Waals surface area (Å²) in [6.07, 6.45) is 0.215. The van der Waals surface area contributed by atoms with Crippen LogP contribution in [0.4, 0.5) is 4.79 Å². The minimum atomic E-state index is -0.567. The molecule has 0 radical (unpaired) electrons. The van der Waals surface area contributed by atoms with Gasteiger partial charge >= 0.3 is 6.03 Å². The maximum Gasteiger partial charge on any atom is 0.318 e. The highest BCUT2D eigenvalue weighted by atomic mass is 16.5. The molecule has 0 bridgehead atoms. The molecule has 3 amide bonds. The van der Waals surface area contributed by atoms with E-state index >= 15 is 0 Å². The predicted molar refractivity (Wildman–Crippen MR) is 99.1 cm³/mol. The Hall–Kier alpha value is -2.28. The maximum absolute atomic E-state index is 12.7. The third-order valence-corrected chi connectivity index (χ3v) is 3.96. The third-order valence-electron chi connectivity index (χ3n) is 3.96. The van der Waals surface area contributed by atoms with Gasteiger partial charge in [-0.3, -0.25) is 4.79 Å². The molecule has 2 atom stereocenters. The van der Waals surface area contributed by atoms with Crippen LogP contribution < -0.4 is 15.4 Å². The summed E-state index contributed by atoms with van der Waals surface area (Å²) in [6.45, 7) is 6.92. The van der Waals surface area contributed by atoms with E-state index in [0.717, 1.165) is 5.75 Å². The van der Waals surface area contributed by atoms with Crippen LogP contribution in [-0.2, 0) is 9.53 Å². The smallest absolute Gasteiger partial charge is 0.318 e. The van der Waals surface area contributed by atoms with Crippen molar-refractivity contribution in [1.82, 2.24) is 15.5 Å². The van der Waals surface area contributed by atoms with Gasteiger partial charge in [-0.25, -0.2) is 4.79 Å². The summed E-state index contributed by atoms with van der Waals surface area (Å²) in [4.78, 5) is 26.8. The molecular weight excluding hydrogens is 334 g/mol. The lowest BCUT2D eigenvalue weighted by molar-refractivity contribution is -0.125. The Morgan fingerprint density at radius 3 is 2.54 bits per heavy atom. The van der Waals surface area contributed by atoms with Crippen molar-refractivity contribution in [2.45, 2.75) is 44.9 Å². The summed E-state index contributed by atoms with van der Waals surface area (Å²) in [5.74, 6) is 0.541. The minimum Gasteiger partial charge on any atom is -0.488 e. The van der Waals surface area contributed by atoms with Crippen LogP contribution in [0, 0.1) is 0 Å². The molecule has 1 aromatic rings. The molecule has 0 saturated carbocycles. The summed E-state index contributed by atoms with van der Waals surface area (Å²) in [5.41, 5.74) is -0.382. The highest BCUT2D eigenvalue weighted by Crippen LogP contribution is 2.24. The van der Waals surface area contributed by atoms with E-state index in [9.17, 15) is 9.59 Å². The lowest BCUT2D eigenvalue weighted by Gasteiger charge is -2.28. The average molecular weight is 363 g/mol. The summed E-state index contributed by atoms with van der Waals surface area (Å²) >= 11 is 0. The number of methoxy groups -OCH3 is 1. The highest BCUT2D eigenvalue weighted by molar-refractivity contribution is 5.88. The molecular formula is C19H29N3O4. The van der Waals surface area contributed by atoms with Gasteiger partial charge in [0, 0.05) is 25.6 Å². The first-order chi connectivity index (χ1) is 12.3. The Morgan fingerprint density at radius 2 is 1.92 bits per heavy atom. The maximum atomic E-state index is 12.7. The molecule has 1 aromatic carbocycles. The number of para-hydroxylation sites is 1. The van der Waals surface area contributed by atoms with Crippen molar-refractivity contribution in [3.63, 3.8) is 0 Å². The molecule has 7 nitrogen and oxygen atoms in total. The number of likely N-dealkylation sites (tertiary alicyclic amines) is 1. The van der Waals surface area contributed by atoms with Gasteiger partial charge in [0.25, 0.3) is 0 Å². The zero-order valence-corrected chi connectivity index (χ0v) is 16.0. The largest absolute Gasteiger partial charge is 0.488 e. The molecule has 1 aliphatic heterocycles. The second kappa shape index (κ2) is 8.89. The second-order valence-corrected chi connectivity index (χ2v) is 7.42. The zero-order chi connectivity index (χ0) is 19.2. The first-order valence-electron chi connectivity index (χ1n) is 8.87. The van der Waals surface area contributed by atoms with Crippen molar-refractivity contribution >= 4 is 11.9 Å². The standard InChI is InChI=1S/C19H29N3O4/c1-19(2,3)21-18(24)22-13-15(26-14-8-6-5-7-9-14)12-16(22)17(23)20-10-11-25-4/h5-9,15-16H,10-13H2,1-4H3,(H,20,23)(H,21,24)/t15-,16-/m0/s1. The lowest BCUT2D eigenvalue weighted by Crippen LogP contribution is -2.53. The number of nitrogens with zero attached hydrogens (tertiary/aromatic N) is 1. The van der Waals surface area contributed by atoms with Gasteiger partial charge in [-0.05, 0) is 32.9 Å². The van der Waals surface area contributed by atoms with Crippen LogP contribution in [0.3, 0.4) is 0 Å². The van der Waals surface area contributed by atoms with Crippen molar-refractivity contribution in [2.24, 2.45) is 0 Å². The number of nitrogens with one attached hydrogen (secondary N) is 2. The van der Waals surface area contributed by atoms with Crippen LogP contribution in [-0.4, -0.2) is 61.3 Å². The van der Waals surface area contributed by atoms with E-state index in [2.05, 4.69) is 10.6 Å². The molecule has 0 aliphatic carbocycles. The van der Waals surface area contributed by atoms with E-state index < -0.39 is 6.04 Å². The van der Waals surface area contributed by atoms with E-state index in [0.29, 0.717) is 26.1 Å². The molecule has 1 saturated heterocycles. The van der Waals surface area contributed by atoms with Gasteiger partial charge in [-0.15, -0.1) is 0 Å². The van der Waals surface area contributed by atoms with Crippen LogP contribution in [0.25, 0.3) is 0 Å². The monoisotopic (exact) mass is 363 g/mol. The minimum absolute atomic E-state index is 0.190. The number of amides is 3. The summed E-state index contributed by atoms with van der Waals surface area (Å²) < 4.78 is 10.9. The Morgan fingerprint density at radius 1 is 1.23 bits per heavy atom. The first-order valence-corrected chi connectivity index (χ1v) is 8.87. The molecule has 26 heavy (non-hydrogen) atoms. The fourth-order valence-electron chi connectivity index (χ4n) is 2.83. The van der Waals surface area contributed by atoms with Crippen molar-refractivity contribution < 1.29 is 19.1 Å². The Balaban J connectivity index is 2.07. The molecule has 144 valence electrons. The van der Waals surface area contributed by atoms with Gasteiger partial charge in [0.1, 0.15) is 17.9 Å². The number of benzene rings is 1. The number of rotatable bonds is 6. The van der Waals surface area contributed by atoms with Gasteiger partial charge in [-0.1, -0.05) is 18.2 Å². The molecule has 2 N–H and O–H groups in total. The predicted octanol–water partition coefficient (Wildman–Crippen LogP) is 1.78. The fourth-order valence-corrected chi connectivity index (χ4v) is 2.83. The van der Waals surface area contributed by atoms with Gasteiger partial charge in [-0.2, -0.15) is 0 Å². The average Bonchev–Trinajstić information content (AvgIpc) is 2.98. The number of ether oxygens (including phenoxy) is 2. The molecule has 7 heteroatoms. The van der Waals surface area contributed by atoms with E-state index in [1.807, 2.05) is 51.1 Å². The van der Waals surface area contributed by atoms with Gasteiger partial charge in [0.15, 0.2) is 0 Å². The van der Waals surface area contributed by atoms with E-state index in [-0.39, 0.29) is 23.6 Å². The Labute approximate surface area is 155 Å². The van der Waals surface area contributed by atoms with Gasteiger partial charge < -0.3 is 25.0 Å². The van der Waals surface area contributed by atoms with E-state index in [1.54, 1.807) is 12.0 Å². The summed E-state index contributed by atoms with van der Waals surface area (Å²) in [7, 11) is 1.58. The molecule has 1 aliphatic rings. The number of hydrogen-bond donors (Lipinski definition) is 2. The highest BCUT2D eigenvalue weighted by Gasteiger charge is 2.41. The Bertz CT molecular complexity index is 601. The van der Waals surface area contributed by atoms with Crippen LogP contribution in [0.2, 0.25) is 0 Å². The van der Waals surface area contributed by atoms with E-state index in [4.69, 9.17) is 9.47 Å². The quantitative estimate of drug-likeness (QED) is 0.755. The summed E-state index contributed by atoms with van der Waals surface area (Å²) in [5, 5.41) is 5.74.